The highest BCUT2D eigenvalue weighted by atomic mass is 19.1. The fraction of sp³-hybridized carbons (Fsp3) is 0.438. The maximum absolute atomic E-state index is 13.2. The Hall–Kier alpha value is -2.44. The van der Waals surface area contributed by atoms with Gasteiger partial charge in [0.2, 0.25) is 5.95 Å². The van der Waals surface area contributed by atoms with Gasteiger partial charge in [0.1, 0.15) is 5.56 Å². The summed E-state index contributed by atoms with van der Waals surface area (Å²) in [7, 11) is 0. The number of amides is 1. The van der Waals surface area contributed by atoms with Gasteiger partial charge in [-0.15, -0.1) is 0 Å². The Labute approximate surface area is 133 Å². The van der Waals surface area contributed by atoms with Crippen LogP contribution in [0.4, 0.5) is 15.9 Å². The Bertz CT molecular complexity index is 714. The van der Waals surface area contributed by atoms with Gasteiger partial charge >= 0.3 is 0 Å². The number of hydrogen-bond donors (Lipinski definition) is 2. The van der Waals surface area contributed by atoms with Gasteiger partial charge in [-0.05, 0) is 24.8 Å². The van der Waals surface area contributed by atoms with E-state index in [2.05, 4.69) is 22.3 Å². The van der Waals surface area contributed by atoms with E-state index in [4.69, 9.17) is 5.73 Å². The molecule has 2 heterocycles. The highest BCUT2D eigenvalue weighted by Gasteiger charge is 2.26. The third-order valence-electron chi connectivity index (χ3n) is 4.39. The van der Waals surface area contributed by atoms with Crippen LogP contribution < -0.4 is 11.1 Å². The summed E-state index contributed by atoms with van der Waals surface area (Å²) in [5.74, 6) is -0.316. The predicted molar refractivity (Wildman–Crippen MR) is 84.9 cm³/mol. The zero-order valence-electron chi connectivity index (χ0n) is 13.0. The van der Waals surface area contributed by atoms with E-state index < -0.39 is 11.9 Å². The van der Waals surface area contributed by atoms with Crippen LogP contribution in [0.2, 0.25) is 0 Å². The number of aromatic nitrogens is 3. The Morgan fingerprint density at radius 1 is 1.43 bits per heavy atom. The second-order valence-corrected chi connectivity index (χ2v) is 6.06. The molecule has 2 aromatic rings. The minimum Gasteiger partial charge on any atom is -0.365 e. The van der Waals surface area contributed by atoms with Gasteiger partial charge in [0.25, 0.3) is 5.91 Å². The molecule has 6 nitrogen and oxygen atoms in total. The molecule has 1 fully saturated rings. The number of primary amides is 1. The molecule has 0 saturated heterocycles. The molecule has 3 N–H and O–H groups in total. The molecule has 1 saturated carbocycles. The van der Waals surface area contributed by atoms with Crippen molar-refractivity contribution in [1.82, 2.24) is 14.8 Å². The highest BCUT2D eigenvalue weighted by molar-refractivity contribution is 5.98. The average Bonchev–Trinajstić information content (AvgIpc) is 2.91. The second kappa shape index (κ2) is 6.36. The number of nitrogens with one attached hydrogen (secondary N) is 1. The first kappa shape index (κ1) is 15.5. The lowest BCUT2D eigenvalue weighted by atomic mass is 9.86. The van der Waals surface area contributed by atoms with Crippen LogP contribution in [0.15, 0.2) is 24.5 Å². The number of hydrogen-bond acceptors (Lipinski definition) is 4. The normalized spacial score (nSPS) is 21.1. The van der Waals surface area contributed by atoms with Crippen LogP contribution in [-0.2, 0) is 0 Å². The third-order valence-corrected chi connectivity index (χ3v) is 4.39. The van der Waals surface area contributed by atoms with Crippen LogP contribution in [-0.4, -0.2) is 20.7 Å². The summed E-state index contributed by atoms with van der Waals surface area (Å²) in [4.78, 5) is 15.2. The van der Waals surface area contributed by atoms with Crippen molar-refractivity contribution in [1.29, 1.82) is 0 Å². The van der Waals surface area contributed by atoms with Crippen LogP contribution in [0, 0.1) is 11.9 Å². The zero-order valence-corrected chi connectivity index (χ0v) is 13.0. The number of carbonyl (C=O) groups excluding carboxylic acids is 1. The molecule has 0 radical (unpaired) electrons. The standard InChI is InChI=1S/C16H20FN5O/c1-10-4-2-3-5-13(10)22-9-12(15(18)23)16(21-22)20-11-6-7-19-14(17)8-11/h6-10,13H,2-5H2,1H3,(H2,18,23)(H,19,20,21)/t10-,13?/m0/s1. The van der Waals surface area contributed by atoms with Crippen LogP contribution in [0.5, 0.6) is 0 Å². The van der Waals surface area contributed by atoms with E-state index in [0.717, 1.165) is 19.3 Å². The van der Waals surface area contributed by atoms with E-state index in [1.54, 1.807) is 12.3 Å². The Balaban J connectivity index is 1.91. The molecule has 0 spiro atoms. The van der Waals surface area contributed by atoms with Crippen LogP contribution in [0.25, 0.3) is 0 Å². The van der Waals surface area contributed by atoms with E-state index in [1.165, 1.54) is 18.7 Å². The third kappa shape index (κ3) is 3.33. The van der Waals surface area contributed by atoms with Crippen molar-refractivity contribution in [3.05, 3.63) is 36.0 Å². The van der Waals surface area contributed by atoms with Gasteiger partial charge in [0.15, 0.2) is 5.82 Å². The largest absolute Gasteiger partial charge is 0.365 e. The minimum absolute atomic E-state index is 0.256. The Morgan fingerprint density at radius 3 is 2.91 bits per heavy atom. The number of carbonyl (C=O) groups is 1. The fourth-order valence-electron chi connectivity index (χ4n) is 3.14. The first-order valence-corrected chi connectivity index (χ1v) is 7.82. The molecule has 1 amide bonds. The van der Waals surface area contributed by atoms with Crippen LogP contribution >= 0.6 is 0 Å². The van der Waals surface area contributed by atoms with E-state index in [0.29, 0.717) is 23.0 Å². The zero-order chi connectivity index (χ0) is 16.4. The summed E-state index contributed by atoms with van der Waals surface area (Å²) in [6.07, 6.45) is 7.59. The number of nitrogens with two attached hydrogens (primary N) is 1. The number of halogens is 1. The molecule has 0 aromatic carbocycles. The van der Waals surface area contributed by atoms with Gasteiger partial charge in [-0.2, -0.15) is 9.49 Å². The van der Waals surface area contributed by atoms with E-state index in [1.807, 2.05) is 4.68 Å². The molecule has 0 bridgehead atoms. The van der Waals surface area contributed by atoms with Crippen molar-refractivity contribution in [3.63, 3.8) is 0 Å². The molecular formula is C16H20FN5O. The smallest absolute Gasteiger partial charge is 0.254 e. The van der Waals surface area contributed by atoms with E-state index >= 15 is 0 Å². The van der Waals surface area contributed by atoms with Crippen molar-refractivity contribution in [3.8, 4) is 0 Å². The SMILES string of the molecule is C[C@H]1CCCCC1n1cc(C(N)=O)c(Nc2ccnc(F)c2)n1. The summed E-state index contributed by atoms with van der Waals surface area (Å²) in [6, 6.07) is 3.11. The van der Waals surface area contributed by atoms with Gasteiger partial charge in [-0.3, -0.25) is 9.48 Å². The molecule has 1 unspecified atom stereocenters. The maximum Gasteiger partial charge on any atom is 0.254 e. The first-order chi connectivity index (χ1) is 11.0. The maximum atomic E-state index is 13.2. The molecule has 2 atom stereocenters. The van der Waals surface area contributed by atoms with Gasteiger partial charge in [0, 0.05) is 24.1 Å². The summed E-state index contributed by atoms with van der Waals surface area (Å²) in [6.45, 7) is 2.20. The lowest BCUT2D eigenvalue weighted by Crippen LogP contribution is -2.21. The Kier molecular flexibility index (Phi) is 4.27. The summed E-state index contributed by atoms with van der Waals surface area (Å²) >= 11 is 0. The number of nitrogens with zero attached hydrogens (tertiary/aromatic N) is 3. The van der Waals surface area contributed by atoms with Gasteiger partial charge in [-0.25, -0.2) is 4.98 Å². The van der Waals surface area contributed by atoms with Crippen molar-refractivity contribution in [2.24, 2.45) is 11.7 Å². The number of pyridine rings is 1. The quantitative estimate of drug-likeness (QED) is 0.849. The van der Waals surface area contributed by atoms with E-state index in [9.17, 15) is 9.18 Å². The second-order valence-electron chi connectivity index (χ2n) is 6.06. The number of rotatable bonds is 4. The van der Waals surface area contributed by atoms with Crippen molar-refractivity contribution >= 4 is 17.4 Å². The lowest BCUT2D eigenvalue weighted by Gasteiger charge is -2.28. The summed E-state index contributed by atoms with van der Waals surface area (Å²) < 4.78 is 15.0. The average molecular weight is 317 g/mol. The summed E-state index contributed by atoms with van der Waals surface area (Å²) in [5.41, 5.74) is 6.24. The minimum atomic E-state index is -0.601. The van der Waals surface area contributed by atoms with E-state index in [-0.39, 0.29) is 6.04 Å². The van der Waals surface area contributed by atoms with Crippen molar-refractivity contribution in [2.45, 2.75) is 38.6 Å². The summed E-state index contributed by atoms with van der Waals surface area (Å²) in [5, 5.41) is 7.45. The molecule has 23 heavy (non-hydrogen) atoms. The molecule has 7 heteroatoms. The highest BCUT2D eigenvalue weighted by Crippen LogP contribution is 2.34. The predicted octanol–water partition coefficient (Wildman–Crippen LogP) is 3.01. The molecule has 3 rings (SSSR count). The molecule has 0 aliphatic heterocycles. The van der Waals surface area contributed by atoms with Crippen molar-refractivity contribution < 1.29 is 9.18 Å². The Morgan fingerprint density at radius 2 is 2.22 bits per heavy atom. The fourth-order valence-corrected chi connectivity index (χ4v) is 3.14. The van der Waals surface area contributed by atoms with Gasteiger partial charge < -0.3 is 11.1 Å². The van der Waals surface area contributed by atoms with Gasteiger partial charge in [-0.1, -0.05) is 19.8 Å². The molecule has 1 aliphatic rings. The first-order valence-electron chi connectivity index (χ1n) is 7.82. The molecule has 2 aromatic heterocycles. The molecule has 1 aliphatic carbocycles. The van der Waals surface area contributed by atoms with Gasteiger partial charge in [0.05, 0.1) is 6.04 Å². The molecule has 122 valence electrons. The lowest BCUT2D eigenvalue weighted by molar-refractivity contribution is 0.100. The topological polar surface area (TPSA) is 85.8 Å². The number of anilines is 2. The molecular weight excluding hydrogens is 297 g/mol. The monoisotopic (exact) mass is 317 g/mol. The van der Waals surface area contributed by atoms with Crippen molar-refractivity contribution in [2.75, 3.05) is 5.32 Å². The van der Waals surface area contributed by atoms with Crippen LogP contribution in [0.1, 0.15) is 49.0 Å². The van der Waals surface area contributed by atoms with Crippen LogP contribution in [0.3, 0.4) is 0 Å².